The first-order chi connectivity index (χ1) is 8.65. The summed E-state index contributed by atoms with van der Waals surface area (Å²) in [5.74, 6) is 0.0468. The number of hydrogen-bond donors (Lipinski definition) is 3. The molecule has 3 unspecified atom stereocenters. The predicted molar refractivity (Wildman–Crippen MR) is 62.9 cm³/mol. The zero-order valence-corrected chi connectivity index (χ0v) is 10.1. The minimum Gasteiger partial charge on any atom is -0.392 e. The Balaban J connectivity index is 1.61. The van der Waals surface area contributed by atoms with Crippen molar-refractivity contribution < 1.29 is 14.7 Å². The number of nitrogens with zero attached hydrogens (tertiary/aromatic N) is 2. The third-order valence-electron chi connectivity index (χ3n) is 3.95. The summed E-state index contributed by atoms with van der Waals surface area (Å²) in [6.45, 7) is 2.86. The van der Waals surface area contributed by atoms with E-state index in [1.807, 2.05) is 0 Å². The molecule has 3 N–H and O–H groups in total. The molecule has 0 aromatic carbocycles. The molecule has 0 saturated carbocycles. The number of hydrogen-bond acceptors (Lipinski definition) is 4. The fourth-order valence-corrected chi connectivity index (χ4v) is 2.93. The van der Waals surface area contributed by atoms with Gasteiger partial charge < -0.3 is 25.5 Å². The molecule has 3 rings (SSSR count). The fourth-order valence-electron chi connectivity index (χ4n) is 2.93. The van der Waals surface area contributed by atoms with Crippen LogP contribution in [0.15, 0.2) is 0 Å². The van der Waals surface area contributed by atoms with Gasteiger partial charge in [-0.3, -0.25) is 4.79 Å². The summed E-state index contributed by atoms with van der Waals surface area (Å²) in [6.07, 6.45) is 0.0657. The molecule has 3 saturated heterocycles. The highest BCUT2D eigenvalue weighted by Gasteiger charge is 2.39. The number of nitrogens with one attached hydrogen (secondary N) is 2. The number of urea groups is 1. The van der Waals surface area contributed by atoms with Gasteiger partial charge in [0.15, 0.2) is 0 Å². The molecule has 100 valence electrons. The van der Waals surface area contributed by atoms with Crippen molar-refractivity contribution in [2.75, 3.05) is 32.7 Å². The number of carbonyl (C=O) groups is 2. The molecule has 0 aromatic rings. The Morgan fingerprint density at radius 1 is 1.33 bits per heavy atom. The third kappa shape index (κ3) is 1.93. The van der Waals surface area contributed by atoms with E-state index in [9.17, 15) is 14.7 Å². The molecular weight excluding hydrogens is 236 g/mol. The summed E-state index contributed by atoms with van der Waals surface area (Å²) in [5.41, 5.74) is 0. The Bertz CT molecular complexity index is 375. The smallest absolute Gasteiger partial charge is 0.317 e. The number of amides is 3. The minimum atomic E-state index is -0.421. The number of aliphatic hydroxyl groups is 1. The molecule has 3 amide bonds. The largest absolute Gasteiger partial charge is 0.392 e. The first-order valence-electron chi connectivity index (χ1n) is 6.40. The summed E-state index contributed by atoms with van der Waals surface area (Å²) < 4.78 is 0. The van der Waals surface area contributed by atoms with Gasteiger partial charge in [0, 0.05) is 32.7 Å². The van der Waals surface area contributed by atoms with Crippen LogP contribution >= 0.6 is 0 Å². The topological polar surface area (TPSA) is 84.9 Å². The predicted octanol–water partition coefficient (Wildman–Crippen LogP) is -2.05. The second-order valence-electron chi connectivity index (χ2n) is 5.17. The van der Waals surface area contributed by atoms with Gasteiger partial charge in [0.25, 0.3) is 0 Å². The van der Waals surface area contributed by atoms with E-state index in [1.54, 1.807) is 9.80 Å². The van der Waals surface area contributed by atoms with Crippen LogP contribution in [0.1, 0.15) is 6.42 Å². The van der Waals surface area contributed by atoms with Crippen molar-refractivity contribution in [2.45, 2.75) is 24.6 Å². The lowest BCUT2D eigenvalue weighted by atomic mass is 10.1. The first kappa shape index (κ1) is 11.7. The third-order valence-corrected chi connectivity index (χ3v) is 3.95. The van der Waals surface area contributed by atoms with Crippen molar-refractivity contribution in [3.05, 3.63) is 0 Å². The number of piperazine rings is 1. The molecule has 3 heterocycles. The number of carbonyl (C=O) groups excluding carboxylic acids is 2. The fraction of sp³-hybridized carbons (Fsp3) is 0.818. The number of fused-ring (bicyclic) bond motifs is 1. The molecule has 3 aliphatic heterocycles. The van der Waals surface area contributed by atoms with Crippen molar-refractivity contribution in [1.29, 1.82) is 0 Å². The van der Waals surface area contributed by atoms with E-state index in [4.69, 9.17) is 0 Å². The van der Waals surface area contributed by atoms with Crippen LogP contribution in [0, 0.1) is 0 Å². The van der Waals surface area contributed by atoms with Crippen LogP contribution < -0.4 is 10.6 Å². The Morgan fingerprint density at radius 2 is 2.17 bits per heavy atom. The molecule has 0 aliphatic carbocycles. The number of β-amino-alcohol motifs (C(OH)–C–C–N with tert-alkyl or cyclic N) is 1. The van der Waals surface area contributed by atoms with Crippen molar-refractivity contribution in [3.8, 4) is 0 Å². The maximum Gasteiger partial charge on any atom is 0.317 e. The standard InChI is InChI=1S/C11H18N4O3/c16-8-3-9(12-5-8)10(17)14-1-2-15-7(6-14)4-13-11(15)18/h7-9,12,16H,1-6H2,(H,13,18). The lowest BCUT2D eigenvalue weighted by Gasteiger charge is -2.37. The van der Waals surface area contributed by atoms with E-state index < -0.39 is 6.10 Å². The number of aliphatic hydroxyl groups excluding tert-OH is 1. The quantitative estimate of drug-likeness (QED) is 0.502. The van der Waals surface area contributed by atoms with Gasteiger partial charge in [0.05, 0.1) is 18.2 Å². The van der Waals surface area contributed by atoms with Crippen LogP contribution in [0.2, 0.25) is 0 Å². The Morgan fingerprint density at radius 3 is 2.89 bits per heavy atom. The van der Waals surface area contributed by atoms with Crippen LogP contribution in [-0.2, 0) is 4.79 Å². The number of rotatable bonds is 1. The Kier molecular flexibility index (Phi) is 2.87. The average molecular weight is 254 g/mol. The highest BCUT2D eigenvalue weighted by atomic mass is 16.3. The molecule has 3 atom stereocenters. The Labute approximate surface area is 105 Å². The molecule has 3 aliphatic rings. The molecule has 0 radical (unpaired) electrons. The van der Waals surface area contributed by atoms with Crippen LogP contribution in [-0.4, -0.2) is 77.8 Å². The van der Waals surface area contributed by atoms with Gasteiger partial charge in [-0.05, 0) is 6.42 Å². The molecule has 0 aromatic heterocycles. The van der Waals surface area contributed by atoms with E-state index in [1.165, 1.54) is 0 Å². The van der Waals surface area contributed by atoms with Gasteiger partial charge in [-0.25, -0.2) is 4.79 Å². The molecule has 7 nitrogen and oxygen atoms in total. The monoisotopic (exact) mass is 254 g/mol. The van der Waals surface area contributed by atoms with E-state index >= 15 is 0 Å². The summed E-state index contributed by atoms with van der Waals surface area (Å²) in [5, 5.41) is 15.3. The van der Waals surface area contributed by atoms with Gasteiger partial charge >= 0.3 is 6.03 Å². The first-order valence-corrected chi connectivity index (χ1v) is 6.40. The van der Waals surface area contributed by atoms with Crippen LogP contribution in [0.25, 0.3) is 0 Å². The molecule has 18 heavy (non-hydrogen) atoms. The average Bonchev–Trinajstić information content (AvgIpc) is 2.95. The van der Waals surface area contributed by atoms with Crippen molar-refractivity contribution in [2.24, 2.45) is 0 Å². The van der Waals surface area contributed by atoms with Gasteiger partial charge in [0.1, 0.15) is 0 Å². The van der Waals surface area contributed by atoms with E-state index in [2.05, 4.69) is 10.6 Å². The molecule has 3 fully saturated rings. The van der Waals surface area contributed by atoms with Gasteiger partial charge in [-0.2, -0.15) is 0 Å². The molecule has 0 spiro atoms. The van der Waals surface area contributed by atoms with Crippen molar-refractivity contribution >= 4 is 11.9 Å². The Hall–Kier alpha value is -1.34. The van der Waals surface area contributed by atoms with Gasteiger partial charge in [0.2, 0.25) is 5.91 Å². The minimum absolute atomic E-state index is 0.0264. The maximum absolute atomic E-state index is 12.2. The summed E-state index contributed by atoms with van der Waals surface area (Å²) >= 11 is 0. The van der Waals surface area contributed by atoms with E-state index in [0.717, 1.165) is 0 Å². The van der Waals surface area contributed by atoms with E-state index in [0.29, 0.717) is 39.1 Å². The SMILES string of the molecule is O=C(C1CC(O)CN1)N1CCN2C(=O)NCC2C1. The van der Waals surface area contributed by atoms with Crippen LogP contribution in [0.3, 0.4) is 0 Å². The molecule has 0 bridgehead atoms. The highest BCUT2D eigenvalue weighted by Crippen LogP contribution is 2.17. The zero-order valence-electron chi connectivity index (χ0n) is 10.1. The van der Waals surface area contributed by atoms with Crippen LogP contribution in [0.5, 0.6) is 0 Å². The van der Waals surface area contributed by atoms with Crippen molar-refractivity contribution in [3.63, 3.8) is 0 Å². The highest BCUT2D eigenvalue weighted by molar-refractivity contribution is 5.83. The zero-order chi connectivity index (χ0) is 12.7. The molecular formula is C11H18N4O3. The van der Waals surface area contributed by atoms with Gasteiger partial charge in [-0.15, -0.1) is 0 Å². The summed E-state index contributed by atoms with van der Waals surface area (Å²) in [4.78, 5) is 27.3. The second-order valence-corrected chi connectivity index (χ2v) is 5.17. The lowest BCUT2D eigenvalue weighted by Crippen LogP contribution is -2.56. The molecule has 7 heteroatoms. The summed E-state index contributed by atoms with van der Waals surface area (Å²) in [6, 6.07) is -0.195. The lowest BCUT2D eigenvalue weighted by molar-refractivity contribution is -0.135. The van der Waals surface area contributed by atoms with Crippen molar-refractivity contribution in [1.82, 2.24) is 20.4 Å². The van der Waals surface area contributed by atoms with E-state index in [-0.39, 0.29) is 24.0 Å². The van der Waals surface area contributed by atoms with Crippen LogP contribution in [0.4, 0.5) is 4.79 Å². The summed E-state index contributed by atoms with van der Waals surface area (Å²) in [7, 11) is 0. The van der Waals surface area contributed by atoms with Gasteiger partial charge in [-0.1, -0.05) is 0 Å². The normalized spacial score (nSPS) is 35.6. The maximum atomic E-state index is 12.2. The second kappa shape index (κ2) is 4.40.